The summed E-state index contributed by atoms with van der Waals surface area (Å²) in [5.41, 5.74) is 5.38. The zero-order chi connectivity index (χ0) is 19.6. The van der Waals surface area contributed by atoms with Crippen LogP contribution in [-0.4, -0.2) is 82.0 Å². The van der Waals surface area contributed by atoms with Crippen LogP contribution in [0, 0.1) is 0 Å². The fraction of sp³-hybridized carbons (Fsp3) is 0.583. The summed E-state index contributed by atoms with van der Waals surface area (Å²) >= 11 is 3.80. The van der Waals surface area contributed by atoms with Gasteiger partial charge in [-0.1, -0.05) is 0 Å². The van der Waals surface area contributed by atoms with Crippen molar-refractivity contribution >= 4 is 42.3 Å². The van der Waals surface area contributed by atoms with Gasteiger partial charge in [0, 0.05) is 5.75 Å². The number of carboxylic acid groups (broad SMARTS) is 2. The Balaban J connectivity index is 4.78. The Hall–Kier alpha value is -2.38. The van der Waals surface area contributed by atoms with Crippen LogP contribution in [0.3, 0.4) is 0 Å². The van der Waals surface area contributed by atoms with Crippen molar-refractivity contribution in [3.8, 4) is 0 Å². The van der Waals surface area contributed by atoms with Crippen LogP contribution >= 0.6 is 12.6 Å². The summed E-state index contributed by atoms with van der Waals surface area (Å²) in [5.74, 6) is -5.61. The molecule has 0 aliphatic heterocycles. The van der Waals surface area contributed by atoms with E-state index in [1.807, 2.05) is 10.6 Å². The highest BCUT2D eigenvalue weighted by Gasteiger charge is 2.28. The standard InChI is InChI=1S/C12H20N4O8S/c13-5(4-25)10(21)14-2-8(18)15-6(1-9(19)20)11(22)16-7(3-17)12(23)24/h5-7,17,25H,1-4,13H2,(H,14,21)(H,15,18)(H,16,22)(H,19,20)(H,23,24). The summed E-state index contributed by atoms with van der Waals surface area (Å²) in [5, 5.41) is 32.5. The Kier molecular flexibility index (Phi) is 10.2. The number of amides is 3. The van der Waals surface area contributed by atoms with E-state index in [0.717, 1.165) is 0 Å². The number of hydrogen-bond donors (Lipinski definition) is 8. The molecule has 3 amide bonds. The molecule has 0 aliphatic carbocycles. The fourth-order valence-corrected chi connectivity index (χ4v) is 1.63. The average molecular weight is 380 g/mol. The minimum Gasteiger partial charge on any atom is -0.481 e. The van der Waals surface area contributed by atoms with Gasteiger partial charge in [0.25, 0.3) is 0 Å². The van der Waals surface area contributed by atoms with Crippen LogP contribution in [0.25, 0.3) is 0 Å². The molecule has 0 bridgehead atoms. The van der Waals surface area contributed by atoms with Crippen LogP contribution in [0.2, 0.25) is 0 Å². The second-order valence-electron chi connectivity index (χ2n) is 4.81. The molecule has 3 atom stereocenters. The van der Waals surface area contributed by atoms with Gasteiger partial charge in [-0.3, -0.25) is 19.2 Å². The number of carbonyl (C=O) groups is 5. The highest BCUT2D eigenvalue weighted by molar-refractivity contribution is 7.80. The van der Waals surface area contributed by atoms with Gasteiger partial charge in [-0.2, -0.15) is 12.6 Å². The van der Waals surface area contributed by atoms with E-state index in [1.54, 1.807) is 0 Å². The van der Waals surface area contributed by atoms with Crippen molar-refractivity contribution in [2.75, 3.05) is 18.9 Å². The SMILES string of the molecule is NC(CS)C(=O)NCC(=O)NC(CC(=O)O)C(=O)NC(CO)C(=O)O. The maximum atomic E-state index is 11.9. The molecule has 0 aromatic heterocycles. The number of rotatable bonds is 11. The summed E-state index contributed by atoms with van der Waals surface area (Å²) in [7, 11) is 0. The van der Waals surface area contributed by atoms with E-state index in [-0.39, 0.29) is 5.75 Å². The lowest BCUT2D eigenvalue weighted by atomic mass is 10.1. The van der Waals surface area contributed by atoms with Gasteiger partial charge in [0.05, 0.1) is 25.6 Å². The van der Waals surface area contributed by atoms with Crippen molar-refractivity contribution in [3.63, 3.8) is 0 Å². The van der Waals surface area contributed by atoms with Crippen molar-refractivity contribution in [2.24, 2.45) is 5.73 Å². The Morgan fingerprint density at radius 2 is 1.60 bits per heavy atom. The van der Waals surface area contributed by atoms with Gasteiger partial charge in [-0.25, -0.2) is 4.79 Å². The molecule has 142 valence electrons. The first-order chi connectivity index (χ1) is 11.6. The maximum absolute atomic E-state index is 11.9. The minimum atomic E-state index is -1.66. The van der Waals surface area contributed by atoms with E-state index >= 15 is 0 Å². The second-order valence-corrected chi connectivity index (χ2v) is 5.17. The monoisotopic (exact) mass is 380 g/mol. The molecule has 0 saturated carbocycles. The first-order valence-electron chi connectivity index (χ1n) is 6.91. The predicted octanol–water partition coefficient (Wildman–Crippen LogP) is -4.12. The number of aliphatic carboxylic acids is 2. The summed E-state index contributed by atoms with van der Waals surface area (Å²) in [6.07, 6.45) is -0.834. The van der Waals surface area contributed by atoms with E-state index in [0.29, 0.717) is 0 Å². The summed E-state index contributed by atoms with van der Waals surface area (Å²) in [6.45, 7) is -1.50. The zero-order valence-electron chi connectivity index (χ0n) is 13.0. The smallest absolute Gasteiger partial charge is 0.328 e. The highest BCUT2D eigenvalue weighted by Crippen LogP contribution is 1.95. The third-order valence-corrected chi connectivity index (χ3v) is 3.18. The van der Waals surface area contributed by atoms with Gasteiger partial charge >= 0.3 is 11.9 Å². The first-order valence-corrected chi connectivity index (χ1v) is 7.54. The Morgan fingerprint density at radius 3 is 2.04 bits per heavy atom. The Bertz CT molecular complexity index is 529. The zero-order valence-corrected chi connectivity index (χ0v) is 13.9. The van der Waals surface area contributed by atoms with Crippen LogP contribution in [0.5, 0.6) is 0 Å². The van der Waals surface area contributed by atoms with Crippen LogP contribution in [0.4, 0.5) is 0 Å². The van der Waals surface area contributed by atoms with Gasteiger partial charge in [0.15, 0.2) is 0 Å². The number of aliphatic hydroxyl groups excluding tert-OH is 1. The van der Waals surface area contributed by atoms with Gasteiger partial charge in [-0.15, -0.1) is 0 Å². The van der Waals surface area contributed by atoms with E-state index in [2.05, 4.69) is 17.9 Å². The van der Waals surface area contributed by atoms with Crippen LogP contribution < -0.4 is 21.7 Å². The first kappa shape index (κ1) is 22.6. The second kappa shape index (κ2) is 11.2. The molecule has 8 N–H and O–H groups in total. The number of carbonyl (C=O) groups excluding carboxylic acids is 3. The van der Waals surface area contributed by atoms with Gasteiger partial charge in [-0.05, 0) is 0 Å². The largest absolute Gasteiger partial charge is 0.481 e. The molecule has 0 rings (SSSR count). The number of hydrogen-bond acceptors (Lipinski definition) is 8. The topological polar surface area (TPSA) is 208 Å². The third kappa shape index (κ3) is 8.88. The number of thiol groups is 1. The Labute approximate surface area is 147 Å². The molecule has 0 aromatic rings. The lowest BCUT2D eigenvalue weighted by Crippen LogP contribution is -2.55. The van der Waals surface area contributed by atoms with E-state index in [9.17, 15) is 24.0 Å². The molecule has 0 aromatic carbocycles. The molecule has 0 radical (unpaired) electrons. The van der Waals surface area contributed by atoms with Crippen molar-refractivity contribution in [1.82, 2.24) is 16.0 Å². The van der Waals surface area contributed by atoms with E-state index in [1.165, 1.54) is 0 Å². The van der Waals surface area contributed by atoms with Gasteiger partial charge in [0.1, 0.15) is 12.1 Å². The van der Waals surface area contributed by atoms with Crippen molar-refractivity contribution in [2.45, 2.75) is 24.5 Å². The van der Waals surface area contributed by atoms with Crippen molar-refractivity contribution < 1.29 is 39.3 Å². The molecule has 0 aliphatic rings. The molecule has 12 nitrogen and oxygen atoms in total. The quantitative estimate of drug-likeness (QED) is 0.163. The number of nitrogens with one attached hydrogen (secondary N) is 3. The van der Waals surface area contributed by atoms with E-state index in [4.69, 9.17) is 21.1 Å². The lowest BCUT2D eigenvalue weighted by Gasteiger charge is -2.19. The molecular formula is C12H20N4O8S. The van der Waals surface area contributed by atoms with Crippen LogP contribution in [0.1, 0.15) is 6.42 Å². The van der Waals surface area contributed by atoms with Crippen molar-refractivity contribution in [1.29, 1.82) is 0 Å². The molecular weight excluding hydrogens is 360 g/mol. The maximum Gasteiger partial charge on any atom is 0.328 e. The molecule has 0 heterocycles. The highest BCUT2D eigenvalue weighted by atomic mass is 32.1. The fourth-order valence-electron chi connectivity index (χ4n) is 1.47. The van der Waals surface area contributed by atoms with Gasteiger partial charge in [0.2, 0.25) is 17.7 Å². The number of nitrogens with two attached hydrogens (primary N) is 1. The molecule has 0 fully saturated rings. The van der Waals surface area contributed by atoms with Crippen molar-refractivity contribution in [3.05, 3.63) is 0 Å². The molecule has 13 heteroatoms. The summed E-state index contributed by atoms with van der Waals surface area (Å²) in [4.78, 5) is 56.6. The molecule has 0 spiro atoms. The van der Waals surface area contributed by atoms with Crippen LogP contribution in [-0.2, 0) is 24.0 Å². The third-order valence-electron chi connectivity index (χ3n) is 2.78. The predicted molar refractivity (Wildman–Crippen MR) is 85.7 cm³/mol. The molecule has 0 saturated heterocycles. The lowest BCUT2D eigenvalue weighted by molar-refractivity contribution is -0.144. The normalized spacial score (nSPS) is 13.9. The molecule has 3 unspecified atom stereocenters. The van der Waals surface area contributed by atoms with E-state index < -0.39 is 67.4 Å². The van der Waals surface area contributed by atoms with Crippen LogP contribution in [0.15, 0.2) is 0 Å². The molecule has 25 heavy (non-hydrogen) atoms. The summed E-state index contributed by atoms with van der Waals surface area (Å²) < 4.78 is 0. The average Bonchev–Trinajstić information content (AvgIpc) is 2.54. The van der Waals surface area contributed by atoms with Gasteiger partial charge < -0.3 is 37.0 Å². The minimum absolute atomic E-state index is 0.0369. The Morgan fingerprint density at radius 1 is 1.00 bits per heavy atom. The number of carboxylic acids is 2. The summed E-state index contributed by atoms with van der Waals surface area (Å²) in [6, 6.07) is -4.21. The number of aliphatic hydroxyl groups is 1.